The Labute approximate surface area is 73.0 Å². The summed E-state index contributed by atoms with van der Waals surface area (Å²) >= 11 is 0. The van der Waals surface area contributed by atoms with E-state index in [4.69, 9.17) is 9.63 Å². The predicted molar refractivity (Wildman–Crippen MR) is 43.1 cm³/mol. The number of hydrogen-bond acceptors (Lipinski definition) is 4. The number of carboxylic acids is 1. The molecule has 0 aliphatic carbocycles. The molecule has 0 atom stereocenters. The Kier molecular flexibility index (Phi) is 1.70. The molecular weight excluding hydrogens is 172 g/mol. The van der Waals surface area contributed by atoms with E-state index in [0.29, 0.717) is 16.7 Å². The molecule has 0 bridgehead atoms. The fraction of sp³-hybridized carbons (Fsp3) is 0.125. The number of nitrogens with zero attached hydrogens (tertiary/aromatic N) is 2. The molecular formula is C8H6N2O3. The standard InChI is InChI=1S/C8H6N2O3/c11-8(12)3-6-5-4-9-2-1-7(5)13-10-6/h1-2,4H,3H2,(H,11,12). The van der Waals surface area contributed by atoms with Gasteiger partial charge in [-0.1, -0.05) is 5.16 Å². The summed E-state index contributed by atoms with van der Waals surface area (Å²) in [5.74, 6) is -0.931. The second kappa shape index (κ2) is 2.85. The maximum atomic E-state index is 10.4. The number of carboxylic acid groups (broad SMARTS) is 1. The van der Waals surface area contributed by atoms with E-state index in [1.165, 1.54) is 0 Å². The predicted octanol–water partition coefficient (Wildman–Crippen LogP) is 0.850. The Balaban J connectivity index is 2.51. The van der Waals surface area contributed by atoms with E-state index in [0.717, 1.165) is 0 Å². The van der Waals surface area contributed by atoms with Gasteiger partial charge in [0.1, 0.15) is 5.69 Å². The van der Waals surface area contributed by atoms with Crippen LogP contribution in [0.25, 0.3) is 11.0 Å². The van der Waals surface area contributed by atoms with Crippen molar-refractivity contribution in [2.75, 3.05) is 0 Å². The largest absolute Gasteiger partial charge is 0.481 e. The maximum Gasteiger partial charge on any atom is 0.309 e. The lowest BCUT2D eigenvalue weighted by Crippen LogP contribution is -2.00. The molecule has 0 aliphatic heterocycles. The number of rotatable bonds is 2. The van der Waals surface area contributed by atoms with Crippen LogP contribution in [0.2, 0.25) is 0 Å². The molecule has 0 aromatic carbocycles. The highest BCUT2D eigenvalue weighted by molar-refractivity contribution is 5.82. The fourth-order valence-corrected chi connectivity index (χ4v) is 1.10. The van der Waals surface area contributed by atoms with E-state index in [1.807, 2.05) is 0 Å². The van der Waals surface area contributed by atoms with Crippen molar-refractivity contribution in [3.63, 3.8) is 0 Å². The monoisotopic (exact) mass is 178 g/mol. The Morgan fingerprint density at radius 3 is 3.23 bits per heavy atom. The van der Waals surface area contributed by atoms with E-state index >= 15 is 0 Å². The molecule has 66 valence electrons. The molecule has 0 fully saturated rings. The smallest absolute Gasteiger partial charge is 0.309 e. The average Bonchev–Trinajstić information content (AvgIpc) is 2.48. The molecule has 0 radical (unpaired) electrons. The van der Waals surface area contributed by atoms with E-state index in [-0.39, 0.29) is 6.42 Å². The minimum Gasteiger partial charge on any atom is -0.481 e. The highest BCUT2D eigenvalue weighted by atomic mass is 16.5. The van der Waals surface area contributed by atoms with Crippen LogP contribution in [0.3, 0.4) is 0 Å². The zero-order chi connectivity index (χ0) is 9.26. The summed E-state index contributed by atoms with van der Waals surface area (Å²) in [4.78, 5) is 14.3. The van der Waals surface area contributed by atoms with Crippen LogP contribution in [0.1, 0.15) is 5.69 Å². The zero-order valence-electron chi connectivity index (χ0n) is 6.60. The van der Waals surface area contributed by atoms with Gasteiger partial charge >= 0.3 is 5.97 Å². The van der Waals surface area contributed by atoms with Gasteiger partial charge in [0.25, 0.3) is 0 Å². The second-order valence-electron chi connectivity index (χ2n) is 2.57. The van der Waals surface area contributed by atoms with E-state index in [2.05, 4.69) is 10.1 Å². The molecule has 2 aromatic heterocycles. The van der Waals surface area contributed by atoms with Crippen LogP contribution in [0.15, 0.2) is 23.0 Å². The second-order valence-corrected chi connectivity index (χ2v) is 2.57. The molecule has 0 aliphatic rings. The average molecular weight is 178 g/mol. The molecule has 2 aromatic rings. The van der Waals surface area contributed by atoms with Gasteiger partial charge in [0.15, 0.2) is 5.58 Å². The van der Waals surface area contributed by atoms with Gasteiger partial charge < -0.3 is 9.63 Å². The quantitative estimate of drug-likeness (QED) is 0.737. The number of aromatic nitrogens is 2. The molecule has 2 heterocycles. The molecule has 0 amide bonds. The lowest BCUT2D eigenvalue weighted by atomic mass is 10.2. The molecule has 0 saturated heterocycles. The summed E-state index contributed by atoms with van der Waals surface area (Å²) in [6.07, 6.45) is 2.97. The number of hydrogen-bond donors (Lipinski definition) is 1. The highest BCUT2D eigenvalue weighted by Gasteiger charge is 2.10. The van der Waals surface area contributed by atoms with Gasteiger partial charge in [0.05, 0.1) is 11.8 Å². The molecule has 0 unspecified atom stereocenters. The third kappa shape index (κ3) is 1.35. The fourth-order valence-electron chi connectivity index (χ4n) is 1.10. The van der Waals surface area contributed by atoms with Crippen LogP contribution < -0.4 is 0 Å². The van der Waals surface area contributed by atoms with Crippen molar-refractivity contribution in [2.24, 2.45) is 0 Å². The van der Waals surface area contributed by atoms with Crippen LogP contribution in [-0.2, 0) is 11.2 Å². The first-order valence-electron chi connectivity index (χ1n) is 3.67. The summed E-state index contributed by atoms with van der Waals surface area (Å²) in [7, 11) is 0. The van der Waals surface area contributed by atoms with Crippen LogP contribution in [0, 0.1) is 0 Å². The third-order valence-corrected chi connectivity index (χ3v) is 1.66. The summed E-state index contributed by atoms with van der Waals surface area (Å²) in [6.45, 7) is 0. The van der Waals surface area contributed by atoms with E-state index in [9.17, 15) is 4.79 Å². The third-order valence-electron chi connectivity index (χ3n) is 1.66. The summed E-state index contributed by atoms with van der Waals surface area (Å²) in [6, 6.07) is 1.65. The topological polar surface area (TPSA) is 76.2 Å². The molecule has 1 N–H and O–H groups in total. The van der Waals surface area contributed by atoms with Gasteiger partial charge in [-0.05, 0) is 0 Å². The van der Waals surface area contributed by atoms with Crippen molar-refractivity contribution in [1.29, 1.82) is 0 Å². The first-order valence-corrected chi connectivity index (χ1v) is 3.67. The van der Waals surface area contributed by atoms with Gasteiger partial charge in [-0.15, -0.1) is 0 Å². The Morgan fingerprint density at radius 1 is 1.62 bits per heavy atom. The summed E-state index contributed by atoms with van der Waals surface area (Å²) in [5.41, 5.74) is 0.974. The SMILES string of the molecule is O=C(O)Cc1noc2ccncc12. The number of carbonyl (C=O) groups is 1. The van der Waals surface area contributed by atoms with Crippen molar-refractivity contribution in [3.8, 4) is 0 Å². The van der Waals surface area contributed by atoms with E-state index in [1.54, 1.807) is 18.5 Å². The molecule has 2 rings (SSSR count). The van der Waals surface area contributed by atoms with Crippen LogP contribution in [-0.4, -0.2) is 21.2 Å². The van der Waals surface area contributed by atoms with E-state index < -0.39 is 5.97 Å². The number of pyridine rings is 1. The minimum atomic E-state index is -0.931. The molecule has 5 nitrogen and oxygen atoms in total. The van der Waals surface area contributed by atoms with Crippen molar-refractivity contribution in [2.45, 2.75) is 6.42 Å². The van der Waals surface area contributed by atoms with Crippen molar-refractivity contribution in [3.05, 3.63) is 24.2 Å². The van der Waals surface area contributed by atoms with Gasteiger partial charge in [-0.2, -0.15) is 0 Å². The zero-order valence-corrected chi connectivity index (χ0v) is 6.60. The summed E-state index contributed by atoms with van der Waals surface area (Å²) in [5, 5.41) is 12.8. The lowest BCUT2D eigenvalue weighted by molar-refractivity contribution is -0.136. The van der Waals surface area contributed by atoms with Crippen molar-refractivity contribution in [1.82, 2.24) is 10.1 Å². The normalized spacial score (nSPS) is 10.5. The molecule has 0 spiro atoms. The highest BCUT2D eigenvalue weighted by Crippen LogP contribution is 2.16. The van der Waals surface area contributed by atoms with Crippen LogP contribution >= 0.6 is 0 Å². The van der Waals surface area contributed by atoms with Gasteiger partial charge in [-0.25, -0.2) is 0 Å². The Morgan fingerprint density at radius 2 is 2.46 bits per heavy atom. The number of fused-ring (bicyclic) bond motifs is 1. The van der Waals surface area contributed by atoms with Gasteiger partial charge in [0.2, 0.25) is 0 Å². The van der Waals surface area contributed by atoms with Crippen molar-refractivity contribution < 1.29 is 14.4 Å². The van der Waals surface area contributed by atoms with Gasteiger partial charge in [0, 0.05) is 18.5 Å². The Bertz CT molecular complexity index is 449. The lowest BCUT2D eigenvalue weighted by Gasteiger charge is -1.88. The van der Waals surface area contributed by atoms with Crippen molar-refractivity contribution >= 4 is 16.9 Å². The first-order chi connectivity index (χ1) is 6.27. The number of aliphatic carboxylic acids is 1. The molecule has 13 heavy (non-hydrogen) atoms. The molecule has 5 heteroatoms. The first kappa shape index (κ1) is 7.72. The Hall–Kier alpha value is -1.91. The van der Waals surface area contributed by atoms with Crippen LogP contribution in [0.4, 0.5) is 0 Å². The summed E-state index contributed by atoms with van der Waals surface area (Å²) < 4.78 is 4.90. The molecule has 0 saturated carbocycles. The maximum absolute atomic E-state index is 10.4. The van der Waals surface area contributed by atoms with Crippen LogP contribution in [0.5, 0.6) is 0 Å². The van der Waals surface area contributed by atoms with Gasteiger partial charge in [-0.3, -0.25) is 9.78 Å². The minimum absolute atomic E-state index is 0.140.